The summed E-state index contributed by atoms with van der Waals surface area (Å²) in [5, 5.41) is 13.3. The summed E-state index contributed by atoms with van der Waals surface area (Å²) in [5.74, 6) is 1.63. The van der Waals surface area contributed by atoms with Crippen LogP contribution in [0.1, 0.15) is 45.4 Å². The van der Waals surface area contributed by atoms with Crippen molar-refractivity contribution in [1.29, 1.82) is 0 Å². The Kier molecular flexibility index (Phi) is 5.34. The summed E-state index contributed by atoms with van der Waals surface area (Å²) in [5.41, 5.74) is 0. The summed E-state index contributed by atoms with van der Waals surface area (Å²) in [4.78, 5) is 6.86. The average molecular weight is 266 g/mol. The molecule has 0 atom stereocenters. The maximum atomic E-state index is 9.03. The molecule has 0 bridgehead atoms. The van der Waals surface area contributed by atoms with Crippen LogP contribution in [0.15, 0.2) is 6.33 Å². The van der Waals surface area contributed by atoms with Gasteiger partial charge in [0, 0.05) is 25.7 Å². The molecule has 0 saturated heterocycles. The average Bonchev–Trinajstić information content (AvgIpc) is 2.70. The molecule has 1 saturated carbocycles. The van der Waals surface area contributed by atoms with Crippen molar-refractivity contribution in [3.63, 3.8) is 0 Å². The quantitative estimate of drug-likeness (QED) is 0.777. The van der Waals surface area contributed by atoms with Gasteiger partial charge in [-0.05, 0) is 25.2 Å². The summed E-state index contributed by atoms with van der Waals surface area (Å²) < 4.78 is 2.02. The van der Waals surface area contributed by atoms with E-state index in [0.717, 1.165) is 31.9 Å². The van der Waals surface area contributed by atoms with Gasteiger partial charge in [0.15, 0.2) is 0 Å². The molecule has 2 rings (SSSR count). The molecule has 5 heteroatoms. The minimum atomic E-state index is 0.266. The zero-order valence-corrected chi connectivity index (χ0v) is 12.1. The first-order valence-corrected chi connectivity index (χ1v) is 7.42. The van der Waals surface area contributed by atoms with E-state index in [1.54, 1.807) is 6.33 Å². The van der Waals surface area contributed by atoms with Crippen LogP contribution in [0, 0.1) is 5.92 Å². The van der Waals surface area contributed by atoms with Gasteiger partial charge in [-0.15, -0.1) is 0 Å². The van der Waals surface area contributed by atoms with E-state index in [4.69, 9.17) is 5.11 Å². The Morgan fingerprint density at radius 2 is 2.26 bits per heavy atom. The summed E-state index contributed by atoms with van der Waals surface area (Å²) in [6.07, 6.45) is 6.39. The van der Waals surface area contributed by atoms with Crippen LogP contribution in [-0.4, -0.2) is 44.0 Å². The lowest BCUT2D eigenvalue weighted by Gasteiger charge is -2.37. The monoisotopic (exact) mass is 266 g/mol. The van der Waals surface area contributed by atoms with Crippen LogP contribution in [0.5, 0.6) is 0 Å². The highest BCUT2D eigenvalue weighted by molar-refractivity contribution is 4.89. The van der Waals surface area contributed by atoms with Crippen LogP contribution in [0.25, 0.3) is 0 Å². The van der Waals surface area contributed by atoms with E-state index in [1.165, 1.54) is 19.3 Å². The van der Waals surface area contributed by atoms with Crippen molar-refractivity contribution in [3.8, 4) is 0 Å². The van der Waals surface area contributed by atoms with Crippen molar-refractivity contribution in [2.45, 2.75) is 58.7 Å². The first-order chi connectivity index (χ1) is 9.20. The van der Waals surface area contributed by atoms with Crippen molar-refractivity contribution in [2.75, 3.05) is 13.2 Å². The second-order valence-electron chi connectivity index (χ2n) is 5.88. The molecular formula is C14H26N4O. The molecule has 0 amide bonds. The van der Waals surface area contributed by atoms with Crippen LogP contribution in [-0.2, 0) is 13.1 Å². The van der Waals surface area contributed by atoms with Gasteiger partial charge in [0.2, 0.25) is 0 Å². The molecule has 1 heterocycles. The van der Waals surface area contributed by atoms with Crippen LogP contribution in [0.3, 0.4) is 0 Å². The van der Waals surface area contributed by atoms with Gasteiger partial charge >= 0.3 is 0 Å². The lowest BCUT2D eigenvalue weighted by atomic mass is 9.91. The Labute approximate surface area is 115 Å². The number of aromatic nitrogens is 3. The normalized spacial score (nSPS) is 16.3. The van der Waals surface area contributed by atoms with Crippen molar-refractivity contribution < 1.29 is 5.11 Å². The van der Waals surface area contributed by atoms with E-state index >= 15 is 0 Å². The van der Waals surface area contributed by atoms with Gasteiger partial charge < -0.3 is 5.11 Å². The topological polar surface area (TPSA) is 54.2 Å². The van der Waals surface area contributed by atoms with Gasteiger partial charge in [-0.25, -0.2) is 9.67 Å². The molecule has 1 aliphatic rings. The maximum Gasteiger partial charge on any atom is 0.141 e. The first kappa shape index (κ1) is 14.5. The van der Waals surface area contributed by atoms with E-state index in [1.807, 2.05) is 4.68 Å². The minimum Gasteiger partial charge on any atom is -0.396 e. The largest absolute Gasteiger partial charge is 0.396 e. The first-order valence-electron chi connectivity index (χ1n) is 7.42. The van der Waals surface area contributed by atoms with E-state index in [9.17, 15) is 0 Å². The molecule has 0 radical (unpaired) electrons. The van der Waals surface area contributed by atoms with Gasteiger partial charge in [-0.1, -0.05) is 20.3 Å². The molecule has 5 nitrogen and oxygen atoms in total. The molecule has 1 N–H and O–H groups in total. The third kappa shape index (κ3) is 4.01. The predicted octanol–water partition coefficient (Wildman–Crippen LogP) is 1.67. The maximum absolute atomic E-state index is 9.03. The van der Waals surface area contributed by atoms with E-state index in [2.05, 4.69) is 28.8 Å². The molecule has 0 spiro atoms. The van der Waals surface area contributed by atoms with Gasteiger partial charge in [0.05, 0.1) is 6.54 Å². The zero-order valence-electron chi connectivity index (χ0n) is 12.1. The summed E-state index contributed by atoms with van der Waals surface area (Å²) in [6.45, 7) is 7.39. The Bertz CT molecular complexity index is 373. The summed E-state index contributed by atoms with van der Waals surface area (Å²) in [7, 11) is 0. The Morgan fingerprint density at radius 3 is 2.84 bits per heavy atom. The SMILES string of the molecule is CC(C)Cn1ncnc1CN(CCCO)C1CCC1. The number of aliphatic hydroxyl groups is 1. The molecular weight excluding hydrogens is 240 g/mol. The molecule has 19 heavy (non-hydrogen) atoms. The van der Waals surface area contributed by atoms with Crippen LogP contribution in [0.4, 0.5) is 0 Å². The Balaban J connectivity index is 1.97. The Hall–Kier alpha value is -0.940. The number of hydrogen-bond acceptors (Lipinski definition) is 4. The molecule has 1 aromatic rings. The fourth-order valence-electron chi connectivity index (χ4n) is 2.51. The van der Waals surface area contributed by atoms with E-state index in [-0.39, 0.29) is 6.61 Å². The molecule has 1 fully saturated rings. The Morgan fingerprint density at radius 1 is 1.47 bits per heavy atom. The molecule has 1 aliphatic carbocycles. The van der Waals surface area contributed by atoms with Crippen LogP contribution < -0.4 is 0 Å². The number of nitrogens with zero attached hydrogens (tertiary/aromatic N) is 4. The minimum absolute atomic E-state index is 0.266. The number of rotatable bonds is 8. The fraction of sp³-hybridized carbons (Fsp3) is 0.857. The third-order valence-electron chi connectivity index (χ3n) is 3.77. The van der Waals surface area contributed by atoms with Crippen LogP contribution >= 0.6 is 0 Å². The molecule has 0 aliphatic heterocycles. The van der Waals surface area contributed by atoms with Gasteiger partial charge in [0.1, 0.15) is 12.2 Å². The predicted molar refractivity (Wildman–Crippen MR) is 74.6 cm³/mol. The van der Waals surface area contributed by atoms with Crippen molar-refractivity contribution >= 4 is 0 Å². The standard InChI is InChI=1S/C14H26N4O/c1-12(2)9-18-14(15-11-16-18)10-17(7-4-8-19)13-5-3-6-13/h11-13,19H,3-10H2,1-2H3. The summed E-state index contributed by atoms with van der Waals surface area (Å²) >= 11 is 0. The molecule has 108 valence electrons. The number of aliphatic hydroxyl groups excluding tert-OH is 1. The lowest BCUT2D eigenvalue weighted by Crippen LogP contribution is -2.41. The lowest BCUT2D eigenvalue weighted by molar-refractivity contribution is 0.104. The second kappa shape index (κ2) is 7.01. The summed E-state index contributed by atoms with van der Waals surface area (Å²) in [6, 6.07) is 0.677. The molecule has 1 aromatic heterocycles. The van der Waals surface area contributed by atoms with Gasteiger partial charge in [-0.3, -0.25) is 4.90 Å². The number of hydrogen-bond donors (Lipinski definition) is 1. The molecule has 0 unspecified atom stereocenters. The van der Waals surface area contributed by atoms with Gasteiger partial charge in [-0.2, -0.15) is 5.10 Å². The van der Waals surface area contributed by atoms with Gasteiger partial charge in [0.25, 0.3) is 0 Å². The van der Waals surface area contributed by atoms with Crippen LogP contribution in [0.2, 0.25) is 0 Å². The third-order valence-corrected chi connectivity index (χ3v) is 3.77. The second-order valence-corrected chi connectivity index (χ2v) is 5.88. The van der Waals surface area contributed by atoms with E-state index in [0.29, 0.717) is 12.0 Å². The van der Waals surface area contributed by atoms with E-state index < -0.39 is 0 Å². The highest BCUT2D eigenvalue weighted by atomic mass is 16.3. The smallest absolute Gasteiger partial charge is 0.141 e. The highest BCUT2D eigenvalue weighted by Crippen LogP contribution is 2.26. The fourth-order valence-corrected chi connectivity index (χ4v) is 2.51. The van der Waals surface area contributed by atoms with Crippen molar-refractivity contribution in [2.24, 2.45) is 5.92 Å². The molecule has 0 aromatic carbocycles. The zero-order chi connectivity index (χ0) is 13.7. The van der Waals surface area contributed by atoms with Crippen molar-refractivity contribution in [1.82, 2.24) is 19.7 Å². The highest BCUT2D eigenvalue weighted by Gasteiger charge is 2.25. The van der Waals surface area contributed by atoms with Crippen molar-refractivity contribution in [3.05, 3.63) is 12.2 Å².